The molecule has 0 fully saturated rings. The molecule has 1 N–H and O–H groups in total. The van der Waals surface area contributed by atoms with Crippen LogP contribution >= 0.6 is 0 Å². The van der Waals surface area contributed by atoms with Crippen LogP contribution in [0.5, 0.6) is 5.75 Å². The Morgan fingerprint density at radius 3 is 2.58 bits per heavy atom. The molecule has 100 valence electrons. The van der Waals surface area contributed by atoms with Gasteiger partial charge in [-0.3, -0.25) is 4.79 Å². The summed E-state index contributed by atoms with van der Waals surface area (Å²) in [6.45, 7) is 4.47. The average Bonchev–Trinajstić information content (AvgIpc) is 2.44. The van der Waals surface area contributed by atoms with Gasteiger partial charge < -0.3 is 10.1 Å². The van der Waals surface area contributed by atoms with Crippen molar-refractivity contribution in [3.05, 3.63) is 42.5 Å². The van der Waals surface area contributed by atoms with Crippen LogP contribution in [-0.2, 0) is 4.79 Å². The molecule has 2 aromatic rings. The van der Waals surface area contributed by atoms with Gasteiger partial charge in [-0.2, -0.15) is 0 Å². The standard InChI is InChI=1S/C16H19NO2/c1-3-15(16(18)17-4-2)19-14-10-9-12-7-5-6-8-13(12)11-14/h5-11,15H,3-4H2,1-2H3,(H,17,18)/t15-/m1/s1. The Morgan fingerprint density at radius 2 is 1.89 bits per heavy atom. The number of hydrogen-bond donors (Lipinski definition) is 1. The summed E-state index contributed by atoms with van der Waals surface area (Å²) < 4.78 is 5.77. The normalized spacial score (nSPS) is 12.1. The van der Waals surface area contributed by atoms with Crippen molar-refractivity contribution in [2.24, 2.45) is 0 Å². The minimum absolute atomic E-state index is 0.0573. The van der Waals surface area contributed by atoms with Crippen LogP contribution in [-0.4, -0.2) is 18.6 Å². The zero-order valence-corrected chi connectivity index (χ0v) is 11.3. The Kier molecular flexibility index (Phi) is 4.39. The van der Waals surface area contributed by atoms with Crippen LogP contribution < -0.4 is 10.1 Å². The number of benzene rings is 2. The lowest BCUT2D eigenvalue weighted by atomic mass is 10.1. The van der Waals surface area contributed by atoms with Crippen LogP contribution in [0.15, 0.2) is 42.5 Å². The van der Waals surface area contributed by atoms with Gasteiger partial charge in [-0.05, 0) is 36.2 Å². The van der Waals surface area contributed by atoms with Crippen LogP contribution in [0, 0.1) is 0 Å². The molecule has 3 nitrogen and oxygen atoms in total. The van der Waals surface area contributed by atoms with Gasteiger partial charge in [-0.1, -0.05) is 37.3 Å². The molecular formula is C16H19NO2. The highest BCUT2D eigenvalue weighted by Gasteiger charge is 2.17. The molecule has 0 heterocycles. The summed E-state index contributed by atoms with van der Waals surface area (Å²) in [6, 6.07) is 14.0. The Balaban J connectivity index is 2.17. The molecule has 19 heavy (non-hydrogen) atoms. The number of rotatable bonds is 5. The van der Waals surface area contributed by atoms with Gasteiger partial charge in [0.15, 0.2) is 6.10 Å². The van der Waals surface area contributed by atoms with Crippen LogP contribution in [0.4, 0.5) is 0 Å². The number of likely N-dealkylation sites (N-methyl/N-ethyl adjacent to an activating group) is 1. The summed E-state index contributed by atoms with van der Waals surface area (Å²) >= 11 is 0. The van der Waals surface area contributed by atoms with E-state index < -0.39 is 6.10 Å². The first-order chi connectivity index (χ1) is 9.24. The molecule has 2 aromatic carbocycles. The van der Waals surface area contributed by atoms with Crippen LogP contribution in [0.3, 0.4) is 0 Å². The topological polar surface area (TPSA) is 38.3 Å². The molecule has 3 heteroatoms. The monoisotopic (exact) mass is 257 g/mol. The molecule has 0 aromatic heterocycles. The predicted molar refractivity (Wildman–Crippen MR) is 77.3 cm³/mol. The molecule has 0 aliphatic heterocycles. The van der Waals surface area contributed by atoms with E-state index in [9.17, 15) is 4.79 Å². The molecule has 0 bridgehead atoms. The van der Waals surface area contributed by atoms with Gasteiger partial charge in [0.2, 0.25) is 0 Å². The summed E-state index contributed by atoms with van der Waals surface area (Å²) in [4.78, 5) is 11.8. The highest BCUT2D eigenvalue weighted by atomic mass is 16.5. The van der Waals surface area contributed by atoms with Crippen LogP contribution in [0.1, 0.15) is 20.3 Å². The lowest BCUT2D eigenvalue weighted by Crippen LogP contribution is -2.37. The van der Waals surface area contributed by atoms with E-state index in [2.05, 4.69) is 11.4 Å². The second kappa shape index (κ2) is 6.23. The minimum Gasteiger partial charge on any atom is -0.481 e. The van der Waals surface area contributed by atoms with Crippen molar-refractivity contribution in [1.82, 2.24) is 5.32 Å². The smallest absolute Gasteiger partial charge is 0.261 e. The Hall–Kier alpha value is -2.03. The first kappa shape index (κ1) is 13.4. The van der Waals surface area contributed by atoms with E-state index in [1.807, 2.05) is 50.2 Å². The second-order valence-corrected chi connectivity index (χ2v) is 4.42. The maximum Gasteiger partial charge on any atom is 0.261 e. The molecule has 0 spiro atoms. The lowest BCUT2D eigenvalue weighted by molar-refractivity contribution is -0.128. The summed E-state index contributed by atoms with van der Waals surface area (Å²) in [5.41, 5.74) is 0. The fourth-order valence-corrected chi connectivity index (χ4v) is 2.02. The summed E-state index contributed by atoms with van der Waals surface area (Å²) in [7, 11) is 0. The Labute approximate surface area is 113 Å². The van der Waals surface area contributed by atoms with Gasteiger partial charge >= 0.3 is 0 Å². The quantitative estimate of drug-likeness (QED) is 0.893. The minimum atomic E-state index is -0.430. The SMILES string of the molecule is CCNC(=O)[C@@H](CC)Oc1ccc2ccccc2c1. The zero-order chi connectivity index (χ0) is 13.7. The van der Waals surface area contributed by atoms with Gasteiger partial charge in [0.25, 0.3) is 5.91 Å². The molecule has 0 unspecified atom stereocenters. The van der Waals surface area contributed by atoms with Crippen LogP contribution in [0.25, 0.3) is 10.8 Å². The third-order valence-electron chi connectivity index (χ3n) is 3.01. The molecular weight excluding hydrogens is 238 g/mol. The first-order valence-corrected chi connectivity index (χ1v) is 6.67. The van der Waals surface area contributed by atoms with E-state index in [0.29, 0.717) is 13.0 Å². The Morgan fingerprint density at radius 1 is 1.16 bits per heavy atom. The number of nitrogens with one attached hydrogen (secondary N) is 1. The fourth-order valence-electron chi connectivity index (χ4n) is 2.02. The molecule has 1 atom stereocenters. The van der Waals surface area contributed by atoms with E-state index >= 15 is 0 Å². The first-order valence-electron chi connectivity index (χ1n) is 6.67. The highest BCUT2D eigenvalue weighted by molar-refractivity contribution is 5.84. The lowest BCUT2D eigenvalue weighted by Gasteiger charge is -2.17. The van der Waals surface area contributed by atoms with Crippen LogP contribution in [0.2, 0.25) is 0 Å². The number of hydrogen-bond acceptors (Lipinski definition) is 2. The van der Waals surface area contributed by atoms with E-state index in [4.69, 9.17) is 4.74 Å². The van der Waals surface area contributed by atoms with Crippen molar-refractivity contribution in [2.45, 2.75) is 26.4 Å². The number of amides is 1. The highest BCUT2D eigenvalue weighted by Crippen LogP contribution is 2.21. The van der Waals surface area contributed by atoms with E-state index in [1.165, 1.54) is 5.39 Å². The molecule has 0 aliphatic carbocycles. The third-order valence-corrected chi connectivity index (χ3v) is 3.01. The number of carbonyl (C=O) groups is 1. The summed E-state index contributed by atoms with van der Waals surface area (Å²) in [5, 5.41) is 5.07. The maximum atomic E-state index is 11.8. The third kappa shape index (κ3) is 3.25. The summed E-state index contributed by atoms with van der Waals surface area (Å²) in [6.07, 6.45) is 0.222. The molecule has 0 radical (unpaired) electrons. The molecule has 1 amide bonds. The van der Waals surface area contributed by atoms with E-state index in [-0.39, 0.29) is 5.91 Å². The van der Waals surface area contributed by atoms with Crippen molar-refractivity contribution < 1.29 is 9.53 Å². The summed E-state index contributed by atoms with van der Waals surface area (Å²) in [5.74, 6) is 0.676. The molecule has 0 saturated carbocycles. The number of carbonyl (C=O) groups excluding carboxylic acids is 1. The number of fused-ring (bicyclic) bond motifs is 1. The van der Waals surface area contributed by atoms with Gasteiger partial charge in [-0.15, -0.1) is 0 Å². The van der Waals surface area contributed by atoms with Gasteiger partial charge in [0.1, 0.15) is 5.75 Å². The van der Waals surface area contributed by atoms with Crippen molar-refractivity contribution in [3.8, 4) is 5.75 Å². The fraction of sp³-hybridized carbons (Fsp3) is 0.312. The van der Waals surface area contributed by atoms with Crippen molar-refractivity contribution in [3.63, 3.8) is 0 Å². The van der Waals surface area contributed by atoms with Gasteiger partial charge in [0, 0.05) is 6.54 Å². The van der Waals surface area contributed by atoms with Crippen molar-refractivity contribution in [2.75, 3.05) is 6.54 Å². The number of ether oxygens (including phenoxy) is 1. The van der Waals surface area contributed by atoms with Crippen molar-refractivity contribution in [1.29, 1.82) is 0 Å². The molecule has 0 saturated heterocycles. The predicted octanol–water partition coefficient (Wildman–Crippen LogP) is 3.13. The van der Waals surface area contributed by atoms with Gasteiger partial charge in [-0.25, -0.2) is 0 Å². The largest absolute Gasteiger partial charge is 0.481 e. The average molecular weight is 257 g/mol. The molecule has 0 aliphatic rings. The van der Waals surface area contributed by atoms with E-state index in [0.717, 1.165) is 11.1 Å². The molecule has 2 rings (SSSR count). The maximum absolute atomic E-state index is 11.8. The van der Waals surface area contributed by atoms with E-state index in [1.54, 1.807) is 0 Å². The zero-order valence-electron chi connectivity index (χ0n) is 11.3. The Bertz CT molecular complexity index is 565. The second-order valence-electron chi connectivity index (χ2n) is 4.42. The van der Waals surface area contributed by atoms with Crippen molar-refractivity contribution >= 4 is 16.7 Å². The van der Waals surface area contributed by atoms with Gasteiger partial charge in [0.05, 0.1) is 0 Å².